The van der Waals surface area contributed by atoms with E-state index in [0.29, 0.717) is 5.69 Å². The van der Waals surface area contributed by atoms with Gasteiger partial charge in [0.05, 0.1) is 0 Å². The summed E-state index contributed by atoms with van der Waals surface area (Å²) in [6, 6.07) is 8.73. The van der Waals surface area contributed by atoms with Crippen LogP contribution in [0.3, 0.4) is 0 Å². The number of hydrogen-bond donors (Lipinski definition) is 2. The van der Waals surface area contributed by atoms with Gasteiger partial charge >= 0.3 is 0 Å². The molecule has 0 bridgehead atoms. The third-order valence-corrected chi connectivity index (χ3v) is 6.22. The molecule has 0 saturated heterocycles. The van der Waals surface area contributed by atoms with E-state index < -0.39 is 10.0 Å². The normalized spacial score (nSPS) is 11.4. The van der Waals surface area contributed by atoms with Gasteiger partial charge < -0.3 is 5.32 Å². The monoisotopic (exact) mass is 402 g/mol. The number of amides is 1. The van der Waals surface area contributed by atoms with Crippen LogP contribution in [0.2, 0.25) is 0 Å². The van der Waals surface area contributed by atoms with Crippen LogP contribution in [-0.2, 0) is 14.8 Å². The smallest absolute Gasteiger partial charge is 0.250 e. The van der Waals surface area contributed by atoms with Crippen molar-refractivity contribution in [2.45, 2.75) is 17.6 Å². The van der Waals surface area contributed by atoms with Crippen molar-refractivity contribution >= 4 is 48.9 Å². The molecule has 0 atom stereocenters. The number of nitrogens with one attached hydrogen (secondary N) is 2. The van der Waals surface area contributed by atoms with Crippen molar-refractivity contribution in [3.8, 4) is 0 Å². The molecule has 0 unspecified atom stereocenters. The van der Waals surface area contributed by atoms with Gasteiger partial charge in [0.25, 0.3) is 0 Å². The third-order valence-electron chi connectivity index (χ3n) is 2.87. The first-order chi connectivity index (χ1) is 10.4. The first-order valence-corrected chi connectivity index (χ1v) is 9.63. The molecule has 0 aliphatic heterocycles. The van der Waals surface area contributed by atoms with Gasteiger partial charge in [0, 0.05) is 23.1 Å². The van der Waals surface area contributed by atoms with E-state index in [9.17, 15) is 13.2 Å². The lowest BCUT2D eigenvalue weighted by Crippen LogP contribution is -2.27. The molecular weight excluding hydrogens is 388 g/mol. The van der Waals surface area contributed by atoms with Crippen LogP contribution in [0.5, 0.6) is 0 Å². The van der Waals surface area contributed by atoms with Crippen LogP contribution < -0.4 is 10.0 Å². The summed E-state index contributed by atoms with van der Waals surface area (Å²) in [5.74, 6) is -0.237. The molecular formula is C14H15BrN2O3S2. The first kappa shape index (κ1) is 17.1. The second kappa shape index (κ2) is 7.36. The molecule has 8 heteroatoms. The summed E-state index contributed by atoms with van der Waals surface area (Å²) < 4.78 is 27.4. The van der Waals surface area contributed by atoms with Gasteiger partial charge in [-0.05, 0) is 42.1 Å². The Labute approximate surface area is 141 Å². The molecule has 0 spiro atoms. The minimum Gasteiger partial charge on any atom is -0.326 e. The largest absolute Gasteiger partial charge is 0.326 e. The van der Waals surface area contributed by atoms with Gasteiger partial charge in [-0.15, -0.1) is 11.3 Å². The Bertz CT molecular complexity index is 758. The zero-order chi connectivity index (χ0) is 16.2. The number of rotatable bonds is 6. The van der Waals surface area contributed by atoms with Crippen molar-refractivity contribution in [3.05, 3.63) is 45.7 Å². The fraction of sp³-hybridized carbons (Fsp3) is 0.214. The fourth-order valence-corrected chi connectivity index (χ4v) is 4.31. The molecule has 1 aromatic carbocycles. The lowest BCUT2D eigenvalue weighted by molar-refractivity contribution is -0.116. The molecule has 2 N–H and O–H groups in total. The SMILES string of the molecule is Cc1cc(Br)ccc1NC(=O)CCNS(=O)(=O)c1cccs1. The van der Waals surface area contributed by atoms with Crippen molar-refractivity contribution < 1.29 is 13.2 Å². The molecule has 118 valence electrons. The molecule has 1 heterocycles. The van der Waals surface area contributed by atoms with Gasteiger partial charge in [-0.2, -0.15) is 0 Å². The van der Waals surface area contributed by atoms with Crippen LogP contribution in [0.15, 0.2) is 44.4 Å². The van der Waals surface area contributed by atoms with Crippen molar-refractivity contribution in [2.75, 3.05) is 11.9 Å². The second-order valence-corrected chi connectivity index (χ2v) is 8.44. The van der Waals surface area contributed by atoms with E-state index in [2.05, 4.69) is 26.0 Å². The summed E-state index contributed by atoms with van der Waals surface area (Å²) in [5.41, 5.74) is 1.65. The molecule has 1 aromatic heterocycles. The van der Waals surface area contributed by atoms with E-state index in [1.165, 1.54) is 6.07 Å². The van der Waals surface area contributed by atoms with E-state index in [1.807, 2.05) is 19.1 Å². The van der Waals surface area contributed by atoms with Gasteiger partial charge in [0.15, 0.2) is 0 Å². The van der Waals surface area contributed by atoms with E-state index in [-0.39, 0.29) is 23.1 Å². The summed E-state index contributed by atoms with van der Waals surface area (Å²) in [7, 11) is -3.52. The standard InChI is InChI=1S/C14H15BrN2O3S2/c1-10-9-11(15)4-5-12(10)17-13(18)6-7-16-22(19,20)14-3-2-8-21-14/h2-5,8-9,16H,6-7H2,1H3,(H,17,18). The Morgan fingerprint density at radius 2 is 2.09 bits per heavy atom. The van der Waals surface area contributed by atoms with E-state index in [1.54, 1.807) is 17.5 Å². The second-order valence-electron chi connectivity index (χ2n) is 4.59. The summed E-state index contributed by atoms with van der Waals surface area (Å²) in [6.07, 6.45) is 0.0696. The van der Waals surface area contributed by atoms with Gasteiger partial charge in [-0.3, -0.25) is 4.79 Å². The van der Waals surface area contributed by atoms with Crippen molar-refractivity contribution in [2.24, 2.45) is 0 Å². The van der Waals surface area contributed by atoms with Crippen LogP contribution >= 0.6 is 27.3 Å². The first-order valence-electron chi connectivity index (χ1n) is 6.47. The summed E-state index contributed by atoms with van der Waals surface area (Å²) >= 11 is 4.50. The third kappa shape index (κ3) is 4.64. The average Bonchev–Trinajstić information content (AvgIpc) is 2.96. The predicted octanol–water partition coefficient (Wildman–Crippen LogP) is 3.13. The molecule has 0 aliphatic carbocycles. The molecule has 0 aliphatic rings. The van der Waals surface area contributed by atoms with Crippen LogP contribution in [0, 0.1) is 6.92 Å². The lowest BCUT2D eigenvalue weighted by atomic mass is 10.2. The minimum atomic E-state index is -3.52. The molecule has 1 amide bonds. The number of carbonyl (C=O) groups excluding carboxylic acids is 1. The maximum absolute atomic E-state index is 11.9. The molecule has 0 radical (unpaired) electrons. The highest BCUT2D eigenvalue weighted by Crippen LogP contribution is 2.20. The minimum absolute atomic E-state index is 0.0572. The van der Waals surface area contributed by atoms with Gasteiger partial charge in [0.1, 0.15) is 4.21 Å². The highest BCUT2D eigenvalue weighted by atomic mass is 79.9. The number of sulfonamides is 1. The zero-order valence-electron chi connectivity index (χ0n) is 11.8. The lowest BCUT2D eigenvalue weighted by Gasteiger charge is -2.09. The Morgan fingerprint density at radius 3 is 2.73 bits per heavy atom. The number of halogens is 1. The van der Waals surface area contributed by atoms with Crippen molar-refractivity contribution in [1.82, 2.24) is 4.72 Å². The Hall–Kier alpha value is -1.22. The Morgan fingerprint density at radius 1 is 1.32 bits per heavy atom. The van der Waals surface area contributed by atoms with Crippen molar-refractivity contribution in [3.63, 3.8) is 0 Å². The van der Waals surface area contributed by atoms with Gasteiger partial charge in [-0.1, -0.05) is 22.0 Å². The number of thiophene rings is 1. The summed E-state index contributed by atoms with van der Waals surface area (Å²) in [6.45, 7) is 1.95. The van der Waals surface area contributed by atoms with Crippen LogP contribution in [0.4, 0.5) is 5.69 Å². The maximum Gasteiger partial charge on any atom is 0.250 e. The number of anilines is 1. The van der Waals surface area contributed by atoms with Crippen molar-refractivity contribution in [1.29, 1.82) is 0 Å². The van der Waals surface area contributed by atoms with Crippen LogP contribution in [0.25, 0.3) is 0 Å². The highest BCUT2D eigenvalue weighted by molar-refractivity contribution is 9.10. The molecule has 22 heavy (non-hydrogen) atoms. The number of hydrogen-bond acceptors (Lipinski definition) is 4. The average molecular weight is 403 g/mol. The zero-order valence-corrected chi connectivity index (χ0v) is 15.0. The Balaban J connectivity index is 1.86. The van der Waals surface area contributed by atoms with Gasteiger partial charge in [0.2, 0.25) is 15.9 Å². The fourth-order valence-electron chi connectivity index (χ4n) is 1.77. The summed E-state index contributed by atoms with van der Waals surface area (Å²) in [4.78, 5) is 11.9. The van der Waals surface area contributed by atoms with E-state index in [4.69, 9.17) is 0 Å². The predicted molar refractivity (Wildman–Crippen MR) is 91.6 cm³/mol. The molecule has 2 aromatic rings. The topological polar surface area (TPSA) is 75.3 Å². The number of benzene rings is 1. The van der Waals surface area contributed by atoms with Crippen LogP contribution in [-0.4, -0.2) is 20.9 Å². The molecule has 0 fully saturated rings. The molecule has 5 nitrogen and oxygen atoms in total. The molecule has 0 saturated carbocycles. The molecule has 2 rings (SSSR count). The van der Waals surface area contributed by atoms with Crippen LogP contribution in [0.1, 0.15) is 12.0 Å². The maximum atomic E-state index is 11.9. The Kier molecular flexibility index (Phi) is 5.74. The van der Waals surface area contributed by atoms with E-state index in [0.717, 1.165) is 21.4 Å². The summed E-state index contributed by atoms with van der Waals surface area (Å²) in [5, 5.41) is 4.46. The highest BCUT2D eigenvalue weighted by Gasteiger charge is 2.15. The number of aryl methyl sites for hydroxylation is 1. The van der Waals surface area contributed by atoms with E-state index >= 15 is 0 Å². The van der Waals surface area contributed by atoms with Gasteiger partial charge in [-0.25, -0.2) is 13.1 Å². The number of carbonyl (C=O) groups is 1. The quantitative estimate of drug-likeness (QED) is 0.778.